The van der Waals surface area contributed by atoms with Gasteiger partial charge >= 0.3 is 0 Å². The Morgan fingerprint density at radius 3 is 3.27 bits per heavy atom. The van der Waals surface area contributed by atoms with Gasteiger partial charge in [-0.15, -0.1) is 0 Å². The Balaban J connectivity index is 2.35. The molecule has 2 aromatic rings. The summed E-state index contributed by atoms with van der Waals surface area (Å²) in [5, 5.41) is 4.07. The fourth-order valence-corrected chi connectivity index (χ4v) is 1.14. The predicted molar refractivity (Wildman–Crippen MR) is 53.7 cm³/mol. The molecule has 15 heavy (non-hydrogen) atoms. The number of rotatable bonds is 1. The molecule has 0 saturated carbocycles. The molecule has 0 unspecified atom stereocenters. The van der Waals surface area contributed by atoms with Crippen LogP contribution < -0.4 is 5.73 Å². The second-order valence-corrected chi connectivity index (χ2v) is 2.88. The number of amides is 1. The molecule has 0 fully saturated rings. The maximum atomic E-state index is 10.5. The summed E-state index contributed by atoms with van der Waals surface area (Å²) >= 11 is 0. The molecule has 0 bridgehead atoms. The molecule has 0 aliphatic rings. The molecule has 0 aliphatic heterocycles. The van der Waals surface area contributed by atoms with Crippen molar-refractivity contribution < 1.29 is 4.79 Å². The molecular formula is C10H8N4O. The first-order valence-electron chi connectivity index (χ1n) is 4.33. The van der Waals surface area contributed by atoms with Crippen LogP contribution in [-0.2, 0) is 4.79 Å². The van der Waals surface area contributed by atoms with E-state index < -0.39 is 5.91 Å². The number of fused-ring (bicyclic) bond motifs is 1. The van der Waals surface area contributed by atoms with Crippen molar-refractivity contribution in [3.05, 3.63) is 30.2 Å². The van der Waals surface area contributed by atoms with Crippen molar-refractivity contribution in [2.24, 2.45) is 5.73 Å². The highest BCUT2D eigenvalue weighted by Gasteiger charge is 1.99. The van der Waals surface area contributed by atoms with Crippen molar-refractivity contribution >= 4 is 11.6 Å². The minimum atomic E-state index is -0.440. The van der Waals surface area contributed by atoms with Crippen LogP contribution in [-0.4, -0.2) is 20.5 Å². The summed E-state index contributed by atoms with van der Waals surface area (Å²) in [6, 6.07) is 3.62. The third kappa shape index (κ3) is 1.94. The van der Waals surface area contributed by atoms with E-state index in [-0.39, 0.29) is 6.42 Å². The Morgan fingerprint density at radius 1 is 1.60 bits per heavy atom. The molecule has 2 aromatic heterocycles. The van der Waals surface area contributed by atoms with Crippen LogP contribution >= 0.6 is 0 Å². The van der Waals surface area contributed by atoms with Crippen LogP contribution in [0.4, 0.5) is 0 Å². The SMILES string of the molecule is NC(=O)CC#Cc1cnc2cccnn12. The lowest BCUT2D eigenvalue weighted by Gasteiger charge is -1.90. The molecule has 0 aromatic carbocycles. The summed E-state index contributed by atoms with van der Waals surface area (Å²) < 4.78 is 1.61. The van der Waals surface area contributed by atoms with Crippen molar-refractivity contribution in [1.82, 2.24) is 14.6 Å². The van der Waals surface area contributed by atoms with E-state index in [2.05, 4.69) is 21.9 Å². The predicted octanol–water partition coefficient (Wildman–Crippen LogP) is -0.0438. The summed E-state index contributed by atoms with van der Waals surface area (Å²) in [6.45, 7) is 0. The number of nitrogens with zero attached hydrogens (tertiary/aromatic N) is 3. The lowest BCUT2D eigenvalue weighted by atomic mass is 10.4. The summed E-state index contributed by atoms with van der Waals surface area (Å²) in [6.07, 6.45) is 3.30. The third-order valence-corrected chi connectivity index (χ3v) is 1.76. The zero-order valence-corrected chi connectivity index (χ0v) is 7.84. The van der Waals surface area contributed by atoms with Crippen LogP contribution in [0.1, 0.15) is 12.1 Å². The van der Waals surface area contributed by atoms with Crippen LogP contribution in [0.15, 0.2) is 24.5 Å². The topological polar surface area (TPSA) is 73.3 Å². The highest BCUT2D eigenvalue weighted by Crippen LogP contribution is 2.01. The van der Waals surface area contributed by atoms with Gasteiger partial charge < -0.3 is 5.73 Å². The summed E-state index contributed by atoms with van der Waals surface area (Å²) in [4.78, 5) is 14.6. The molecule has 2 N–H and O–H groups in total. The minimum Gasteiger partial charge on any atom is -0.369 e. The summed E-state index contributed by atoms with van der Waals surface area (Å²) in [5.74, 6) is 5.00. The number of hydrogen-bond donors (Lipinski definition) is 1. The Hall–Kier alpha value is -2.35. The van der Waals surface area contributed by atoms with Crippen molar-refractivity contribution in [2.45, 2.75) is 6.42 Å². The van der Waals surface area contributed by atoms with E-state index in [1.165, 1.54) is 0 Å². The first-order valence-corrected chi connectivity index (χ1v) is 4.33. The van der Waals surface area contributed by atoms with Gasteiger partial charge in [0.2, 0.25) is 5.91 Å². The summed E-state index contributed by atoms with van der Waals surface area (Å²) in [5.41, 5.74) is 6.33. The molecule has 2 rings (SSSR count). The van der Waals surface area contributed by atoms with Gasteiger partial charge in [-0.1, -0.05) is 5.92 Å². The molecule has 0 atom stereocenters. The smallest absolute Gasteiger partial charge is 0.229 e. The van der Waals surface area contributed by atoms with E-state index >= 15 is 0 Å². The molecule has 0 saturated heterocycles. The fraction of sp³-hybridized carbons (Fsp3) is 0.100. The van der Waals surface area contributed by atoms with Crippen LogP contribution in [0.3, 0.4) is 0 Å². The Kier molecular flexibility index (Phi) is 2.33. The average Bonchev–Trinajstić information content (AvgIpc) is 2.62. The van der Waals surface area contributed by atoms with Gasteiger partial charge in [0.05, 0.1) is 12.6 Å². The monoisotopic (exact) mass is 200 g/mol. The zero-order chi connectivity index (χ0) is 10.7. The minimum absolute atomic E-state index is 0.0417. The molecule has 0 radical (unpaired) electrons. The second kappa shape index (κ2) is 3.80. The van der Waals surface area contributed by atoms with Gasteiger partial charge in [0, 0.05) is 6.20 Å². The molecule has 1 amide bonds. The van der Waals surface area contributed by atoms with Crippen molar-refractivity contribution in [3.63, 3.8) is 0 Å². The molecular weight excluding hydrogens is 192 g/mol. The first kappa shape index (κ1) is 9.21. The first-order chi connectivity index (χ1) is 7.27. The van der Waals surface area contributed by atoms with Crippen LogP contribution in [0.25, 0.3) is 5.65 Å². The fourth-order valence-electron chi connectivity index (χ4n) is 1.14. The maximum Gasteiger partial charge on any atom is 0.229 e. The van der Waals surface area contributed by atoms with E-state index in [4.69, 9.17) is 5.73 Å². The molecule has 5 heteroatoms. The number of carbonyl (C=O) groups is 1. The number of hydrogen-bond acceptors (Lipinski definition) is 3. The molecule has 0 aliphatic carbocycles. The van der Waals surface area contributed by atoms with Gasteiger partial charge in [-0.2, -0.15) is 5.10 Å². The van der Waals surface area contributed by atoms with Gasteiger partial charge in [0.1, 0.15) is 5.69 Å². The zero-order valence-electron chi connectivity index (χ0n) is 7.84. The Morgan fingerprint density at radius 2 is 2.47 bits per heavy atom. The van der Waals surface area contributed by atoms with Gasteiger partial charge in [-0.25, -0.2) is 9.50 Å². The highest BCUT2D eigenvalue weighted by atomic mass is 16.1. The van der Waals surface area contributed by atoms with Gasteiger partial charge in [0.25, 0.3) is 0 Å². The molecule has 74 valence electrons. The number of aromatic nitrogens is 3. The standard InChI is InChI=1S/C10H8N4O/c11-9(15)4-1-3-8-7-12-10-5-2-6-13-14(8)10/h2,5-7H,4H2,(H2,11,15). The number of imidazole rings is 1. The van der Waals surface area contributed by atoms with Crippen LogP contribution in [0.5, 0.6) is 0 Å². The van der Waals surface area contributed by atoms with E-state index in [1.807, 2.05) is 6.07 Å². The average molecular weight is 200 g/mol. The van der Waals surface area contributed by atoms with E-state index in [0.29, 0.717) is 5.69 Å². The van der Waals surface area contributed by atoms with Crippen molar-refractivity contribution in [3.8, 4) is 11.8 Å². The normalized spacial score (nSPS) is 9.60. The van der Waals surface area contributed by atoms with Gasteiger partial charge in [-0.3, -0.25) is 4.79 Å². The third-order valence-electron chi connectivity index (χ3n) is 1.76. The highest BCUT2D eigenvalue weighted by molar-refractivity contribution is 5.76. The Labute approximate surface area is 85.9 Å². The number of primary amides is 1. The molecule has 0 spiro atoms. The largest absolute Gasteiger partial charge is 0.369 e. The Bertz CT molecular complexity index is 561. The van der Waals surface area contributed by atoms with Crippen LogP contribution in [0, 0.1) is 11.8 Å². The molecule has 5 nitrogen and oxygen atoms in total. The van der Waals surface area contributed by atoms with Gasteiger partial charge in [-0.05, 0) is 18.1 Å². The number of carbonyl (C=O) groups excluding carboxylic acids is 1. The quantitative estimate of drug-likeness (QED) is 0.656. The van der Waals surface area contributed by atoms with Crippen LogP contribution in [0.2, 0.25) is 0 Å². The van der Waals surface area contributed by atoms with Gasteiger partial charge in [0.15, 0.2) is 5.65 Å². The second-order valence-electron chi connectivity index (χ2n) is 2.88. The van der Waals surface area contributed by atoms with Crippen molar-refractivity contribution in [1.29, 1.82) is 0 Å². The van der Waals surface area contributed by atoms with Crippen molar-refractivity contribution in [2.75, 3.05) is 0 Å². The van der Waals surface area contributed by atoms with E-state index in [9.17, 15) is 4.79 Å². The maximum absolute atomic E-state index is 10.5. The lowest BCUT2D eigenvalue weighted by molar-refractivity contribution is -0.117. The summed E-state index contributed by atoms with van der Waals surface area (Å²) in [7, 11) is 0. The molecule has 2 heterocycles. The van der Waals surface area contributed by atoms with E-state index in [0.717, 1.165) is 5.65 Å². The lowest BCUT2D eigenvalue weighted by Crippen LogP contribution is -2.08. The van der Waals surface area contributed by atoms with E-state index in [1.54, 1.807) is 23.0 Å². The number of nitrogens with two attached hydrogens (primary N) is 1.